The van der Waals surface area contributed by atoms with Gasteiger partial charge < -0.3 is 10.2 Å². The van der Waals surface area contributed by atoms with Gasteiger partial charge in [-0.3, -0.25) is 0 Å². The zero-order valence-electron chi connectivity index (χ0n) is 8.27. The van der Waals surface area contributed by atoms with Crippen LogP contribution in [0.15, 0.2) is 34.9 Å². The largest absolute Gasteiger partial charge is 0.439 e. The van der Waals surface area contributed by atoms with Gasteiger partial charge in [-0.05, 0) is 19.1 Å². The Hall–Kier alpha value is -1.68. The van der Waals surface area contributed by atoms with E-state index in [-0.39, 0.29) is 11.9 Å². The first-order valence-electron chi connectivity index (χ1n) is 4.64. The maximum Gasteiger partial charge on any atom is 0.211 e. The quantitative estimate of drug-likeness (QED) is 0.821. The van der Waals surface area contributed by atoms with E-state index < -0.39 is 0 Å². The number of aromatic nitrogens is 1. The Bertz CT molecular complexity index is 465. The molecule has 0 radical (unpaired) electrons. The van der Waals surface area contributed by atoms with E-state index in [0.29, 0.717) is 17.2 Å². The average Bonchev–Trinajstić information content (AvgIpc) is 2.67. The molecule has 0 aliphatic carbocycles. The van der Waals surface area contributed by atoms with E-state index in [0.717, 1.165) is 0 Å². The van der Waals surface area contributed by atoms with E-state index in [2.05, 4.69) is 4.98 Å². The van der Waals surface area contributed by atoms with Crippen LogP contribution in [0.5, 0.6) is 0 Å². The molecule has 0 aliphatic rings. The Balaban J connectivity index is 2.42. The predicted octanol–water partition coefficient (Wildman–Crippen LogP) is 2.50. The summed E-state index contributed by atoms with van der Waals surface area (Å²) in [5.74, 6) is 0.485. The maximum atomic E-state index is 13.4. The first kappa shape index (κ1) is 9.86. The molecule has 0 saturated heterocycles. The third-order valence-electron chi connectivity index (χ3n) is 2.05. The third-order valence-corrected chi connectivity index (χ3v) is 2.05. The molecule has 2 rings (SSSR count). The lowest BCUT2D eigenvalue weighted by Crippen LogP contribution is -2.04. The fourth-order valence-electron chi connectivity index (χ4n) is 1.28. The number of nitrogens with two attached hydrogens (primary N) is 1. The van der Waals surface area contributed by atoms with Crippen molar-refractivity contribution in [3.63, 3.8) is 0 Å². The summed E-state index contributed by atoms with van der Waals surface area (Å²) < 4.78 is 18.7. The molecule has 0 amide bonds. The minimum Gasteiger partial charge on any atom is -0.439 e. The zero-order valence-corrected chi connectivity index (χ0v) is 8.27. The SMILES string of the molecule is CC(N)c1ncc(-c2ccccc2F)o1. The Morgan fingerprint density at radius 3 is 2.73 bits per heavy atom. The van der Waals surface area contributed by atoms with Crippen molar-refractivity contribution >= 4 is 0 Å². The van der Waals surface area contributed by atoms with Gasteiger partial charge in [-0.2, -0.15) is 0 Å². The van der Waals surface area contributed by atoms with Crippen LogP contribution in [0.4, 0.5) is 4.39 Å². The number of halogens is 1. The van der Waals surface area contributed by atoms with Crippen LogP contribution in [0.3, 0.4) is 0 Å². The molecule has 4 heteroatoms. The van der Waals surface area contributed by atoms with Crippen molar-refractivity contribution in [3.05, 3.63) is 42.2 Å². The van der Waals surface area contributed by atoms with Crippen molar-refractivity contribution in [2.24, 2.45) is 5.73 Å². The molecule has 78 valence electrons. The van der Waals surface area contributed by atoms with Crippen molar-refractivity contribution in [2.45, 2.75) is 13.0 Å². The van der Waals surface area contributed by atoms with E-state index in [4.69, 9.17) is 10.2 Å². The lowest BCUT2D eigenvalue weighted by molar-refractivity contribution is 0.471. The van der Waals surface area contributed by atoms with Crippen LogP contribution < -0.4 is 5.73 Å². The summed E-state index contributed by atoms with van der Waals surface area (Å²) in [5.41, 5.74) is 5.99. The Morgan fingerprint density at radius 2 is 2.13 bits per heavy atom. The van der Waals surface area contributed by atoms with E-state index in [1.165, 1.54) is 12.3 Å². The second-order valence-electron chi connectivity index (χ2n) is 3.33. The summed E-state index contributed by atoms with van der Waals surface area (Å²) in [4.78, 5) is 3.97. The molecule has 2 N–H and O–H groups in total. The molecule has 0 aliphatic heterocycles. The smallest absolute Gasteiger partial charge is 0.211 e. The summed E-state index contributed by atoms with van der Waals surface area (Å²) in [7, 11) is 0. The van der Waals surface area contributed by atoms with Gasteiger partial charge in [0, 0.05) is 0 Å². The van der Waals surface area contributed by atoms with Gasteiger partial charge in [0.05, 0.1) is 17.8 Å². The Labute approximate surface area is 86.7 Å². The standard InChI is InChI=1S/C11H11FN2O/c1-7(13)11-14-6-10(15-11)8-4-2-3-5-9(8)12/h2-7H,13H2,1H3. The highest BCUT2D eigenvalue weighted by atomic mass is 19.1. The summed E-state index contributed by atoms with van der Waals surface area (Å²) in [6.45, 7) is 1.76. The number of benzene rings is 1. The van der Waals surface area contributed by atoms with E-state index in [9.17, 15) is 4.39 Å². The monoisotopic (exact) mass is 206 g/mol. The van der Waals surface area contributed by atoms with E-state index in [1.807, 2.05) is 0 Å². The highest BCUT2D eigenvalue weighted by Crippen LogP contribution is 2.24. The average molecular weight is 206 g/mol. The second-order valence-corrected chi connectivity index (χ2v) is 3.33. The predicted molar refractivity (Wildman–Crippen MR) is 54.5 cm³/mol. The molecule has 3 nitrogen and oxygen atoms in total. The number of oxazole rings is 1. The fourth-order valence-corrected chi connectivity index (χ4v) is 1.28. The molecule has 1 aromatic heterocycles. The van der Waals surface area contributed by atoms with Gasteiger partial charge in [0.1, 0.15) is 5.82 Å². The van der Waals surface area contributed by atoms with Gasteiger partial charge in [-0.15, -0.1) is 0 Å². The molecule has 15 heavy (non-hydrogen) atoms. The van der Waals surface area contributed by atoms with Crippen LogP contribution in [0.1, 0.15) is 18.9 Å². The van der Waals surface area contributed by atoms with Crippen LogP contribution in [-0.2, 0) is 0 Å². The van der Waals surface area contributed by atoms with Gasteiger partial charge in [-0.1, -0.05) is 12.1 Å². The topological polar surface area (TPSA) is 52.0 Å². The van der Waals surface area contributed by atoms with Crippen LogP contribution in [0.25, 0.3) is 11.3 Å². The molecular formula is C11H11FN2O. The molecule has 0 spiro atoms. The normalized spacial score (nSPS) is 12.7. The lowest BCUT2D eigenvalue weighted by Gasteiger charge is -1.99. The number of hydrogen-bond donors (Lipinski definition) is 1. The molecule has 1 atom stereocenters. The Morgan fingerprint density at radius 1 is 1.40 bits per heavy atom. The Kier molecular flexibility index (Phi) is 2.51. The summed E-state index contributed by atoms with van der Waals surface area (Å²) in [5, 5.41) is 0. The molecule has 1 heterocycles. The lowest BCUT2D eigenvalue weighted by atomic mass is 10.2. The molecule has 0 fully saturated rings. The highest BCUT2D eigenvalue weighted by molar-refractivity contribution is 5.56. The van der Waals surface area contributed by atoms with Gasteiger partial charge in [-0.25, -0.2) is 9.37 Å². The third kappa shape index (κ3) is 1.89. The molecular weight excluding hydrogens is 195 g/mol. The summed E-state index contributed by atoms with van der Waals surface area (Å²) in [6.07, 6.45) is 1.48. The molecule has 2 aromatic rings. The van der Waals surface area contributed by atoms with E-state index in [1.54, 1.807) is 25.1 Å². The van der Waals surface area contributed by atoms with Crippen molar-refractivity contribution in [1.82, 2.24) is 4.98 Å². The van der Waals surface area contributed by atoms with Gasteiger partial charge in [0.2, 0.25) is 5.89 Å². The first-order valence-corrected chi connectivity index (χ1v) is 4.64. The van der Waals surface area contributed by atoms with Crippen molar-refractivity contribution in [1.29, 1.82) is 0 Å². The van der Waals surface area contributed by atoms with Gasteiger partial charge >= 0.3 is 0 Å². The van der Waals surface area contributed by atoms with Crippen LogP contribution >= 0.6 is 0 Å². The van der Waals surface area contributed by atoms with Gasteiger partial charge in [0.15, 0.2) is 5.76 Å². The zero-order chi connectivity index (χ0) is 10.8. The molecule has 1 unspecified atom stereocenters. The molecule has 0 saturated carbocycles. The van der Waals surface area contributed by atoms with Crippen molar-refractivity contribution < 1.29 is 8.81 Å². The van der Waals surface area contributed by atoms with Crippen molar-refractivity contribution in [2.75, 3.05) is 0 Å². The van der Waals surface area contributed by atoms with Crippen LogP contribution in [0.2, 0.25) is 0 Å². The number of nitrogens with zero attached hydrogens (tertiary/aromatic N) is 1. The minimum absolute atomic E-state index is 0.287. The second kappa shape index (κ2) is 3.82. The maximum absolute atomic E-state index is 13.4. The van der Waals surface area contributed by atoms with E-state index >= 15 is 0 Å². The fraction of sp³-hybridized carbons (Fsp3) is 0.182. The van der Waals surface area contributed by atoms with Crippen LogP contribution in [-0.4, -0.2) is 4.98 Å². The molecule has 1 aromatic carbocycles. The van der Waals surface area contributed by atoms with Gasteiger partial charge in [0.25, 0.3) is 0 Å². The molecule has 0 bridgehead atoms. The number of rotatable bonds is 2. The summed E-state index contributed by atoms with van der Waals surface area (Å²) >= 11 is 0. The van der Waals surface area contributed by atoms with Crippen molar-refractivity contribution in [3.8, 4) is 11.3 Å². The number of hydrogen-bond acceptors (Lipinski definition) is 3. The minimum atomic E-state index is -0.329. The first-order chi connectivity index (χ1) is 7.18. The summed E-state index contributed by atoms with van der Waals surface area (Å²) in [6, 6.07) is 6.10. The van der Waals surface area contributed by atoms with Crippen LogP contribution in [0, 0.1) is 5.82 Å². The highest BCUT2D eigenvalue weighted by Gasteiger charge is 2.12.